The molecule has 0 atom stereocenters. The number of aromatic nitrogens is 3. The van der Waals surface area contributed by atoms with Gasteiger partial charge in [0, 0.05) is 34.7 Å². The second-order valence-corrected chi connectivity index (χ2v) is 6.43. The summed E-state index contributed by atoms with van der Waals surface area (Å²) in [6, 6.07) is 16.6. The molecule has 0 aliphatic rings. The predicted octanol–water partition coefficient (Wildman–Crippen LogP) is 5.06. The Morgan fingerprint density at radius 2 is 1.74 bits per heavy atom. The van der Waals surface area contributed by atoms with Crippen molar-refractivity contribution >= 4 is 42.4 Å². The lowest BCUT2D eigenvalue weighted by Gasteiger charge is -2.05. The summed E-state index contributed by atoms with van der Waals surface area (Å²) >= 11 is 1.67. The van der Waals surface area contributed by atoms with Crippen molar-refractivity contribution in [1.82, 2.24) is 15.0 Å². The van der Waals surface area contributed by atoms with Gasteiger partial charge in [0.2, 0.25) is 0 Å². The van der Waals surface area contributed by atoms with E-state index in [9.17, 15) is 0 Å². The molecule has 4 aromatic heterocycles. The highest BCUT2D eigenvalue weighted by atomic mass is 32.1. The molecule has 108 valence electrons. The zero-order chi connectivity index (χ0) is 15.2. The zero-order valence-corrected chi connectivity index (χ0v) is 12.9. The van der Waals surface area contributed by atoms with Gasteiger partial charge in [-0.15, -0.1) is 11.3 Å². The molecule has 0 saturated carbocycles. The topological polar surface area (TPSA) is 38.7 Å². The fourth-order valence-electron chi connectivity index (χ4n) is 2.97. The molecule has 0 radical (unpaired) electrons. The van der Waals surface area contributed by atoms with Crippen molar-refractivity contribution in [2.75, 3.05) is 0 Å². The van der Waals surface area contributed by atoms with Crippen LogP contribution >= 0.6 is 11.3 Å². The lowest BCUT2D eigenvalue weighted by molar-refractivity contribution is 1.31. The highest BCUT2D eigenvalue weighted by Crippen LogP contribution is 2.34. The van der Waals surface area contributed by atoms with Crippen LogP contribution in [0.3, 0.4) is 0 Å². The monoisotopic (exact) mass is 313 g/mol. The minimum atomic E-state index is 0.911. The molecule has 0 spiro atoms. The van der Waals surface area contributed by atoms with E-state index in [1.807, 2.05) is 42.9 Å². The number of hydrogen-bond donors (Lipinski definition) is 0. The molecule has 5 aromatic rings. The van der Waals surface area contributed by atoms with Crippen molar-refractivity contribution in [1.29, 1.82) is 0 Å². The van der Waals surface area contributed by atoms with E-state index in [4.69, 9.17) is 4.98 Å². The SMILES string of the molecule is c1ccc2c(-c3ccc4c(n3)sc3cnccc34)nccc2c1. The first-order chi connectivity index (χ1) is 11.4. The molecule has 0 unspecified atom stereocenters. The summed E-state index contributed by atoms with van der Waals surface area (Å²) in [5.41, 5.74) is 1.84. The fourth-order valence-corrected chi connectivity index (χ4v) is 4.01. The van der Waals surface area contributed by atoms with Crippen LogP contribution in [0.15, 0.2) is 67.1 Å². The first-order valence-electron chi connectivity index (χ1n) is 7.37. The summed E-state index contributed by atoms with van der Waals surface area (Å²) in [6.45, 7) is 0. The summed E-state index contributed by atoms with van der Waals surface area (Å²) in [6.07, 6.45) is 5.57. The van der Waals surface area contributed by atoms with Crippen LogP contribution in [0.1, 0.15) is 0 Å². The summed E-state index contributed by atoms with van der Waals surface area (Å²) in [4.78, 5) is 14.7. The Labute approximate surface area is 136 Å². The second kappa shape index (κ2) is 4.83. The molecular formula is C19H11N3S. The van der Waals surface area contributed by atoms with Crippen molar-refractivity contribution < 1.29 is 0 Å². The van der Waals surface area contributed by atoms with Gasteiger partial charge in [0.15, 0.2) is 0 Å². The smallest absolute Gasteiger partial charge is 0.125 e. The maximum Gasteiger partial charge on any atom is 0.125 e. The van der Waals surface area contributed by atoms with Gasteiger partial charge in [0.05, 0.1) is 16.1 Å². The molecule has 0 amide bonds. The van der Waals surface area contributed by atoms with E-state index in [0.29, 0.717) is 0 Å². The number of rotatable bonds is 1. The summed E-state index contributed by atoms with van der Waals surface area (Å²) < 4.78 is 1.16. The third kappa shape index (κ3) is 1.92. The van der Waals surface area contributed by atoms with Crippen molar-refractivity contribution in [3.8, 4) is 11.4 Å². The molecule has 4 heteroatoms. The third-order valence-corrected chi connectivity index (χ3v) is 5.11. The maximum absolute atomic E-state index is 4.86. The summed E-state index contributed by atoms with van der Waals surface area (Å²) in [5.74, 6) is 0. The molecule has 3 nitrogen and oxygen atoms in total. The highest BCUT2D eigenvalue weighted by molar-refractivity contribution is 7.25. The molecular weight excluding hydrogens is 302 g/mol. The van der Waals surface area contributed by atoms with Crippen molar-refractivity contribution in [3.63, 3.8) is 0 Å². The van der Waals surface area contributed by atoms with Gasteiger partial charge < -0.3 is 0 Å². The van der Waals surface area contributed by atoms with Gasteiger partial charge >= 0.3 is 0 Å². The Balaban J connectivity index is 1.81. The van der Waals surface area contributed by atoms with Crippen LogP contribution < -0.4 is 0 Å². The molecule has 0 bridgehead atoms. The number of thiophene rings is 1. The Morgan fingerprint density at radius 3 is 2.74 bits per heavy atom. The standard InChI is InChI=1S/C19H11N3S/c1-2-4-13-12(3-1)7-10-21-18(13)16-6-5-15-14-8-9-20-11-17(14)23-19(15)22-16/h1-11H. The van der Waals surface area contributed by atoms with Crippen LogP contribution in [0.4, 0.5) is 0 Å². The molecule has 23 heavy (non-hydrogen) atoms. The summed E-state index contributed by atoms with van der Waals surface area (Å²) in [7, 11) is 0. The lowest BCUT2D eigenvalue weighted by atomic mass is 10.1. The van der Waals surface area contributed by atoms with E-state index in [-0.39, 0.29) is 0 Å². The molecule has 0 aliphatic carbocycles. The zero-order valence-electron chi connectivity index (χ0n) is 12.1. The van der Waals surface area contributed by atoms with Gasteiger partial charge in [0.1, 0.15) is 4.83 Å². The van der Waals surface area contributed by atoms with Gasteiger partial charge in [-0.1, -0.05) is 24.3 Å². The number of pyridine rings is 3. The van der Waals surface area contributed by atoms with Crippen LogP contribution in [-0.4, -0.2) is 15.0 Å². The number of fused-ring (bicyclic) bond motifs is 4. The molecule has 4 heterocycles. The number of nitrogens with zero attached hydrogens (tertiary/aromatic N) is 3. The van der Waals surface area contributed by atoms with E-state index in [1.165, 1.54) is 16.2 Å². The third-order valence-electron chi connectivity index (χ3n) is 4.06. The molecule has 1 aromatic carbocycles. The van der Waals surface area contributed by atoms with Crippen molar-refractivity contribution in [2.24, 2.45) is 0 Å². The van der Waals surface area contributed by atoms with Gasteiger partial charge in [-0.05, 0) is 29.7 Å². The minimum Gasteiger partial charge on any atom is -0.263 e. The van der Waals surface area contributed by atoms with Crippen molar-refractivity contribution in [3.05, 3.63) is 67.1 Å². The van der Waals surface area contributed by atoms with Crippen molar-refractivity contribution in [2.45, 2.75) is 0 Å². The molecule has 0 fully saturated rings. The van der Waals surface area contributed by atoms with Crippen LogP contribution in [0.2, 0.25) is 0 Å². The van der Waals surface area contributed by atoms with Gasteiger partial charge in [-0.3, -0.25) is 9.97 Å². The quantitative estimate of drug-likeness (QED) is 0.434. The Kier molecular flexibility index (Phi) is 2.66. The van der Waals surface area contributed by atoms with Crippen LogP contribution in [0.25, 0.3) is 42.5 Å². The van der Waals surface area contributed by atoms with Crippen LogP contribution in [0, 0.1) is 0 Å². The first-order valence-corrected chi connectivity index (χ1v) is 8.19. The van der Waals surface area contributed by atoms with E-state index < -0.39 is 0 Å². The molecule has 5 rings (SSSR count). The minimum absolute atomic E-state index is 0.911. The van der Waals surface area contributed by atoms with E-state index in [0.717, 1.165) is 26.3 Å². The van der Waals surface area contributed by atoms with Crippen LogP contribution in [-0.2, 0) is 0 Å². The fraction of sp³-hybridized carbons (Fsp3) is 0. The average molecular weight is 313 g/mol. The Morgan fingerprint density at radius 1 is 0.783 bits per heavy atom. The maximum atomic E-state index is 4.86. The first kappa shape index (κ1) is 12.7. The second-order valence-electron chi connectivity index (χ2n) is 5.40. The molecule has 0 aliphatic heterocycles. The lowest BCUT2D eigenvalue weighted by Crippen LogP contribution is -1.88. The van der Waals surface area contributed by atoms with Crippen LogP contribution in [0.5, 0.6) is 0 Å². The van der Waals surface area contributed by atoms with E-state index in [1.54, 1.807) is 11.3 Å². The Hall–Kier alpha value is -2.85. The Bertz CT molecular complexity index is 1170. The molecule has 0 saturated heterocycles. The van der Waals surface area contributed by atoms with E-state index >= 15 is 0 Å². The van der Waals surface area contributed by atoms with Gasteiger partial charge in [0.25, 0.3) is 0 Å². The van der Waals surface area contributed by atoms with Gasteiger partial charge in [-0.2, -0.15) is 0 Å². The highest BCUT2D eigenvalue weighted by Gasteiger charge is 2.10. The largest absolute Gasteiger partial charge is 0.263 e. The van der Waals surface area contributed by atoms with E-state index in [2.05, 4.69) is 34.2 Å². The predicted molar refractivity (Wildman–Crippen MR) is 95.7 cm³/mol. The summed E-state index contributed by atoms with van der Waals surface area (Å²) in [5, 5.41) is 4.70. The molecule has 0 N–H and O–H groups in total. The normalized spacial score (nSPS) is 11.5. The number of benzene rings is 1. The number of hydrogen-bond acceptors (Lipinski definition) is 4. The average Bonchev–Trinajstić information content (AvgIpc) is 2.99. The van der Waals surface area contributed by atoms with Gasteiger partial charge in [-0.25, -0.2) is 4.98 Å².